The molecule has 3 rings (SSSR count). The molecular formula is C22H27F3N4O3. The Labute approximate surface area is 184 Å². The van der Waals surface area contributed by atoms with Gasteiger partial charge in [0.05, 0.1) is 36.4 Å². The third-order valence-electron chi connectivity index (χ3n) is 5.09. The number of carbonyl (C=O) groups is 2. The molecule has 0 aliphatic carbocycles. The second-order valence-electron chi connectivity index (χ2n) is 8.98. The van der Waals surface area contributed by atoms with Gasteiger partial charge < -0.3 is 10.1 Å². The number of carbonyl (C=O) groups excluding carboxylic acids is 2. The van der Waals surface area contributed by atoms with E-state index in [9.17, 15) is 22.8 Å². The number of amides is 2. The zero-order chi connectivity index (χ0) is 23.8. The van der Waals surface area contributed by atoms with Gasteiger partial charge in [-0.3, -0.25) is 14.4 Å². The van der Waals surface area contributed by atoms with Crippen LogP contribution in [0.4, 0.5) is 18.0 Å². The van der Waals surface area contributed by atoms with Gasteiger partial charge in [-0.25, -0.2) is 4.79 Å². The summed E-state index contributed by atoms with van der Waals surface area (Å²) in [6, 6.07) is 5.58. The molecule has 10 heteroatoms. The minimum Gasteiger partial charge on any atom is -0.444 e. The van der Waals surface area contributed by atoms with Gasteiger partial charge in [-0.15, -0.1) is 0 Å². The van der Waals surface area contributed by atoms with Crippen LogP contribution in [0.3, 0.4) is 0 Å². The Morgan fingerprint density at radius 2 is 1.91 bits per heavy atom. The summed E-state index contributed by atoms with van der Waals surface area (Å²) >= 11 is 0. The summed E-state index contributed by atoms with van der Waals surface area (Å²) in [6.07, 6.45) is -4.90. The molecule has 7 nitrogen and oxygen atoms in total. The fraction of sp³-hybridized carbons (Fsp3) is 0.500. The molecule has 2 heterocycles. The maximum atomic E-state index is 13.0. The summed E-state index contributed by atoms with van der Waals surface area (Å²) in [4.78, 5) is 26.8. The smallest absolute Gasteiger partial charge is 0.416 e. The molecule has 1 aromatic carbocycles. The van der Waals surface area contributed by atoms with E-state index in [1.54, 1.807) is 43.3 Å². The van der Waals surface area contributed by atoms with Crippen molar-refractivity contribution in [3.8, 4) is 0 Å². The van der Waals surface area contributed by atoms with E-state index in [0.717, 1.165) is 12.1 Å². The predicted molar refractivity (Wildman–Crippen MR) is 111 cm³/mol. The molecule has 2 atom stereocenters. The molecule has 1 aliphatic rings. The maximum absolute atomic E-state index is 13.0. The quantitative estimate of drug-likeness (QED) is 0.742. The van der Waals surface area contributed by atoms with Crippen molar-refractivity contribution in [3.05, 3.63) is 52.8 Å². The number of benzene rings is 1. The lowest BCUT2D eigenvalue weighted by molar-refractivity contribution is -0.137. The first-order valence-electron chi connectivity index (χ1n) is 10.3. The van der Waals surface area contributed by atoms with E-state index in [1.807, 2.05) is 6.92 Å². The van der Waals surface area contributed by atoms with Crippen LogP contribution in [-0.4, -0.2) is 38.3 Å². The fourth-order valence-electron chi connectivity index (χ4n) is 3.43. The van der Waals surface area contributed by atoms with Gasteiger partial charge in [-0.1, -0.05) is 12.1 Å². The highest BCUT2D eigenvalue weighted by Crippen LogP contribution is 2.31. The van der Waals surface area contributed by atoms with Crippen molar-refractivity contribution in [2.24, 2.45) is 0 Å². The van der Waals surface area contributed by atoms with Crippen LogP contribution in [0.15, 0.2) is 30.3 Å². The molecule has 0 fully saturated rings. The van der Waals surface area contributed by atoms with Crippen molar-refractivity contribution in [3.63, 3.8) is 0 Å². The Morgan fingerprint density at radius 3 is 2.53 bits per heavy atom. The Balaban J connectivity index is 1.71. The average Bonchev–Trinajstić information content (AvgIpc) is 3.08. The van der Waals surface area contributed by atoms with E-state index < -0.39 is 35.4 Å². The molecule has 0 saturated heterocycles. The largest absolute Gasteiger partial charge is 0.444 e. The summed E-state index contributed by atoms with van der Waals surface area (Å²) in [5, 5.41) is 7.01. The summed E-state index contributed by atoms with van der Waals surface area (Å²) in [5.74, 6) is -0.506. The number of nitrogens with zero attached hydrogens (tertiary/aromatic N) is 3. The maximum Gasteiger partial charge on any atom is 0.416 e. The lowest BCUT2D eigenvalue weighted by atomic mass is 10.0. The summed E-state index contributed by atoms with van der Waals surface area (Å²) in [7, 11) is 0. The van der Waals surface area contributed by atoms with Crippen LogP contribution in [0.5, 0.6) is 0 Å². The normalized spacial score (nSPS) is 17.5. The number of nitrogens with one attached hydrogen (secondary N) is 1. The second kappa shape index (κ2) is 8.48. The van der Waals surface area contributed by atoms with E-state index in [2.05, 4.69) is 10.4 Å². The topological polar surface area (TPSA) is 76.5 Å². The van der Waals surface area contributed by atoms with E-state index >= 15 is 0 Å². The van der Waals surface area contributed by atoms with Gasteiger partial charge in [-0.05, 0) is 58.4 Å². The molecule has 1 aromatic heterocycles. The zero-order valence-electron chi connectivity index (χ0n) is 18.7. The highest BCUT2D eigenvalue weighted by Gasteiger charge is 2.33. The number of rotatable bonds is 3. The van der Waals surface area contributed by atoms with Crippen LogP contribution in [-0.2, 0) is 24.0 Å². The average molecular weight is 452 g/mol. The number of hydrogen-bond donors (Lipinski definition) is 1. The van der Waals surface area contributed by atoms with Gasteiger partial charge in [0.25, 0.3) is 5.91 Å². The highest BCUT2D eigenvalue weighted by atomic mass is 19.4. The Bertz CT molecular complexity index is 1010. The number of alkyl halides is 3. The Hall–Kier alpha value is -3.04. The van der Waals surface area contributed by atoms with Gasteiger partial charge in [0, 0.05) is 0 Å². The minimum absolute atomic E-state index is 0.136. The lowest BCUT2D eigenvalue weighted by Crippen LogP contribution is -2.46. The number of halogens is 3. The number of hydrogen-bond acceptors (Lipinski definition) is 4. The van der Waals surface area contributed by atoms with E-state index in [-0.39, 0.29) is 18.3 Å². The molecule has 0 radical (unpaired) electrons. The number of ether oxygens (including phenoxy) is 1. The molecule has 1 N–H and O–H groups in total. The Kier molecular flexibility index (Phi) is 6.26. The van der Waals surface area contributed by atoms with Gasteiger partial charge >= 0.3 is 12.3 Å². The molecule has 174 valence electrons. The Morgan fingerprint density at radius 1 is 1.22 bits per heavy atom. The van der Waals surface area contributed by atoms with Crippen LogP contribution in [0.2, 0.25) is 0 Å². The highest BCUT2D eigenvalue weighted by molar-refractivity contribution is 5.92. The van der Waals surface area contributed by atoms with Crippen molar-refractivity contribution < 1.29 is 27.5 Å². The summed E-state index contributed by atoms with van der Waals surface area (Å²) in [6.45, 7) is 9.47. The standard InChI is InChI=1S/C22H27F3N4O3/c1-13-11-29-17(12-28(13)20(31)32-21(3,4)5)10-18(27-29)19(30)26-14(2)15-7-6-8-16(9-15)22(23,24)25/h6-10,13-14H,11-12H2,1-5H3,(H,26,30)/t13?,14-/m1/s1. The number of fused-ring (bicyclic) bond motifs is 1. The molecule has 0 saturated carbocycles. The third-order valence-corrected chi connectivity index (χ3v) is 5.09. The molecule has 2 amide bonds. The SMILES string of the molecule is CC1Cn2nc(C(=O)N[C@H](C)c3cccc(C(F)(F)F)c3)cc2CN1C(=O)OC(C)(C)C. The van der Waals surface area contributed by atoms with Crippen LogP contribution in [0, 0.1) is 0 Å². The van der Waals surface area contributed by atoms with Gasteiger partial charge in [0.1, 0.15) is 5.60 Å². The van der Waals surface area contributed by atoms with Gasteiger partial charge in [-0.2, -0.15) is 18.3 Å². The molecule has 32 heavy (non-hydrogen) atoms. The molecule has 1 unspecified atom stereocenters. The van der Waals surface area contributed by atoms with E-state index in [4.69, 9.17) is 4.74 Å². The minimum atomic E-state index is -4.46. The van der Waals surface area contributed by atoms with Gasteiger partial charge in [0.15, 0.2) is 5.69 Å². The molecule has 0 bridgehead atoms. The molecule has 1 aliphatic heterocycles. The molecular weight excluding hydrogens is 425 g/mol. The fourth-order valence-corrected chi connectivity index (χ4v) is 3.43. The first kappa shape index (κ1) is 23.6. The summed E-state index contributed by atoms with van der Waals surface area (Å²) < 4.78 is 46.0. The van der Waals surface area contributed by atoms with Crippen molar-refractivity contribution >= 4 is 12.0 Å². The van der Waals surface area contributed by atoms with Gasteiger partial charge in [0.2, 0.25) is 0 Å². The first-order chi connectivity index (χ1) is 14.7. The lowest BCUT2D eigenvalue weighted by Gasteiger charge is -2.35. The van der Waals surface area contributed by atoms with Crippen LogP contribution in [0.1, 0.15) is 68.0 Å². The van der Waals surface area contributed by atoms with E-state index in [1.165, 1.54) is 12.1 Å². The second-order valence-corrected chi connectivity index (χ2v) is 8.98. The summed E-state index contributed by atoms with van der Waals surface area (Å²) in [5.41, 5.74) is -0.256. The van der Waals surface area contributed by atoms with Crippen LogP contribution < -0.4 is 5.32 Å². The third kappa shape index (κ3) is 5.41. The monoisotopic (exact) mass is 452 g/mol. The van der Waals surface area contributed by atoms with Crippen molar-refractivity contribution in [1.29, 1.82) is 0 Å². The van der Waals surface area contributed by atoms with Crippen LogP contribution in [0.25, 0.3) is 0 Å². The zero-order valence-corrected chi connectivity index (χ0v) is 18.7. The number of aromatic nitrogens is 2. The first-order valence-corrected chi connectivity index (χ1v) is 10.3. The van der Waals surface area contributed by atoms with Crippen molar-refractivity contribution in [2.75, 3.05) is 0 Å². The predicted octanol–water partition coefficient (Wildman–Crippen LogP) is 4.53. The van der Waals surface area contributed by atoms with E-state index in [0.29, 0.717) is 17.8 Å². The molecule has 0 spiro atoms. The van der Waals surface area contributed by atoms with Crippen molar-refractivity contribution in [1.82, 2.24) is 20.0 Å². The molecule has 2 aromatic rings. The van der Waals surface area contributed by atoms with Crippen LogP contribution >= 0.6 is 0 Å². The van der Waals surface area contributed by atoms with Crippen molar-refractivity contribution in [2.45, 2.75) is 71.6 Å².